The number of nitriles is 2. The quantitative estimate of drug-likeness (QED) is 0.583. The maximum atomic E-state index is 12.9. The number of aromatic nitrogens is 1. The van der Waals surface area contributed by atoms with Crippen molar-refractivity contribution in [1.82, 2.24) is 4.98 Å². The maximum Gasteiger partial charge on any atom is 0.340 e. The van der Waals surface area contributed by atoms with Crippen LogP contribution in [0.3, 0.4) is 0 Å². The molecule has 0 spiro atoms. The topological polar surface area (TPSA) is 89.7 Å². The summed E-state index contributed by atoms with van der Waals surface area (Å²) < 4.78 is 5.53. The van der Waals surface area contributed by atoms with Gasteiger partial charge in [0, 0.05) is 18.3 Å². The fourth-order valence-electron chi connectivity index (χ4n) is 3.23. The number of hydrogen-bond donors (Lipinski definition) is 1. The minimum absolute atomic E-state index is 0.241. The van der Waals surface area contributed by atoms with E-state index in [1.54, 1.807) is 18.2 Å². The summed E-state index contributed by atoms with van der Waals surface area (Å²) in [6.45, 7) is 4.34. The second kappa shape index (κ2) is 9.58. The molecule has 0 saturated heterocycles. The van der Waals surface area contributed by atoms with E-state index < -0.39 is 0 Å². The van der Waals surface area contributed by atoms with Crippen LogP contribution in [0.1, 0.15) is 57.7 Å². The summed E-state index contributed by atoms with van der Waals surface area (Å²) in [5, 5.41) is 18.1. The third kappa shape index (κ3) is 5.16. The van der Waals surface area contributed by atoms with Gasteiger partial charge < -0.3 is 9.72 Å². The van der Waals surface area contributed by atoms with Crippen molar-refractivity contribution >= 4 is 5.97 Å². The van der Waals surface area contributed by atoms with Crippen LogP contribution in [0.4, 0.5) is 0 Å². The van der Waals surface area contributed by atoms with Crippen LogP contribution in [0.25, 0.3) is 0 Å². The Morgan fingerprint density at radius 1 is 1.00 bits per heavy atom. The first-order valence-corrected chi connectivity index (χ1v) is 9.84. The molecule has 1 heterocycles. The number of hydrogen-bond acceptors (Lipinski definition) is 4. The van der Waals surface area contributed by atoms with Crippen LogP contribution < -0.4 is 0 Å². The van der Waals surface area contributed by atoms with Gasteiger partial charge in [0.15, 0.2) is 0 Å². The van der Waals surface area contributed by atoms with Gasteiger partial charge in [-0.3, -0.25) is 0 Å². The highest BCUT2D eigenvalue weighted by Crippen LogP contribution is 2.23. The Morgan fingerprint density at radius 3 is 2.40 bits per heavy atom. The Labute approximate surface area is 176 Å². The van der Waals surface area contributed by atoms with Crippen molar-refractivity contribution in [2.75, 3.05) is 6.61 Å². The van der Waals surface area contributed by atoms with Gasteiger partial charge in [-0.05, 0) is 53.3 Å². The molecule has 0 unspecified atom stereocenters. The molecule has 5 nitrogen and oxygen atoms in total. The molecule has 0 fully saturated rings. The fourth-order valence-corrected chi connectivity index (χ4v) is 3.23. The highest BCUT2D eigenvalue weighted by Gasteiger charge is 2.21. The van der Waals surface area contributed by atoms with Crippen LogP contribution in [0.2, 0.25) is 0 Å². The van der Waals surface area contributed by atoms with E-state index in [4.69, 9.17) is 15.3 Å². The number of H-pyrrole nitrogens is 1. The monoisotopic (exact) mass is 397 g/mol. The first kappa shape index (κ1) is 20.9. The fraction of sp³-hybridized carbons (Fsp3) is 0.240. The number of benzene rings is 2. The summed E-state index contributed by atoms with van der Waals surface area (Å²) in [6, 6.07) is 18.9. The lowest BCUT2D eigenvalue weighted by molar-refractivity contribution is 0.0457. The zero-order valence-electron chi connectivity index (χ0n) is 17.1. The minimum Gasteiger partial charge on any atom is -0.462 e. The third-order valence-electron chi connectivity index (χ3n) is 4.71. The molecule has 0 atom stereocenters. The lowest BCUT2D eigenvalue weighted by atomic mass is 9.99. The van der Waals surface area contributed by atoms with E-state index in [1.165, 1.54) is 0 Å². The highest BCUT2D eigenvalue weighted by atomic mass is 16.5. The number of aromatic amines is 1. The van der Waals surface area contributed by atoms with Crippen molar-refractivity contribution < 1.29 is 9.53 Å². The molecule has 0 amide bonds. The Kier molecular flexibility index (Phi) is 6.67. The van der Waals surface area contributed by atoms with Gasteiger partial charge >= 0.3 is 5.97 Å². The maximum absolute atomic E-state index is 12.9. The Morgan fingerprint density at radius 2 is 1.73 bits per heavy atom. The van der Waals surface area contributed by atoms with E-state index in [1.807, 2.05) is 50.4 Å². The Hall–Kier alpha value is -3.83. The van der Waals surface area contributed by atoms with Crippen LogP contribution in [0.15, 0.2) is 54.7 Å². The van der Waals surface area contributed by atoms with Gasteiger partial charge in [-0.25, -0.2) is 4.79 Å². The predicted octanol–water partition coefficient (Wildman–Crippen LogP) is 4.75. The number of nitrogens with one attached hydrogen (secondary N) is 1. The van der Waals surface area contributed by atoms with E-state index in [-0.39, 0.29) is 11.9 Å². The normalized spacial score (nSPS) is 10.4. The van der Waals surface area contributed by atoms with Crippen LogP contribution in [-0.2, 0) is 17.6 Å². The predicted molar refractivity (Wildman–Crippen MR) is 114 cm³/mol. The molecule has 0 saturated carbocycles. The molecule has 0 aliphatic heterocycles. The van der Waals surface area contributed by atoms with Gasteiger partial charge in [-0.15, -0.1) is 0 Å². The molecule has 150 valence electrons. The van der Waals surface area contributed by atoms with E-state index in [0.717, 1.165) is 22.4 Å². The number of rotatable bonds is 7. The van der Waals surface area contributed by atoms with E-state index >= 15 is 0 Å². The van der Waals surface area contributed by atoms with Gasteiger partial charge in [0.1, 0.15) is 0 Å². The summed E-state index contributed by atoms with van der Waals surface area (Å²) in [4.78, 5) is 16.2. The largest absolute Gasteiger partial charge is 0.462 e. The first-order chi connectivity index (χ1) is 14.5. The number of ether oxygens (including phenoxy) is 1. The van der Waals surface area contributed by atoms with E-state index in [9.17, 15) is 4.79 Å². The van der Waals surface area contributed by atoms with Gasteiger partial charge in [-0.2, -0.15) is 10.5 Å². The number of nitrogens with zero attached hydrogens (tertiary/aromatic N) is 2. The molecular weight excluding hydrogens is 374 g/mol. The average molecular weight is 397 g/mol. The summed E-state index contributed by atoms with van der Waals surface area (Å²) in [5.74, 6) is -0.106. The number of carbonyl (C=O) groups excluding carboxylic acids is 1. The van der Waals surface area contributed by atoms with Crippen molar-refractivity contribution in [2.24, 2.45) is 5.92 Å². The highest BCUT2D eigenvalue weighted by molar-refractivity contribution is 5.93. The summed E-state index contributed by atoms with van der Waals surface area (Å²) >= 11 is 0. The van der Waals surface area contributed by atoms with Gasteiger partial charge in [0.25, 0.3) is 0 Å². The van der Waals surface area contributed by atoms with Crippen molar-refractivity contribution in [2.45, 2.75) is 26.7 Å². The van der Waals surface area contributed by atoms with Crippen molar-refractivity contribution in [1.29, 1.82) is 10.5 Å². The zero-order chi connectivity index (χ0) is 21.5. The van der Waals surface area contributed by atoms with Crippen molar-refractivity contribution in [3.05, 3.63) is 93.8 Å². The van der Waals surface area contributed by atoms with Crippen LogP contribution >= 0.6 is 0 Å². The molecule has 0 radical (unpaired) electrons. The molecule has 0 aliphatic carbocycles. The van der Waals surface area contributed by atoms with Gasteiger partial charge in [-0.1, -0.05) is 38.1 Å². The smallest absolute Gasteiger partial charge is 0.340 e. The molecule has 0 bridgehead atoms. The molecule has 30 heavy (non-hydrogen) atoms. The molecule has 3 rings (SSSR count). The zero-order valence-corrected chi connectivity index (χ0v) is 17.1. The Balaban J connectivity index is 1.92. The summed E-state index contributed by atoms with van der Waals surface area (Å²) in [5.41, 5.74) is 5.29. The second-order valence-electron chi connectivity index (χ2n) is 7.63. The van der Waals surface area contributed by atoms with Crippen LogP contribution in [0.5, 0.6) is 0 Å². The number of carbonyl (C=O) groups is 1. The molecule has 5 heteroatoms. The van der Waals surface area contributed by atoms with Crippen molar-refractivity contribution in [3.63, 3.8) is 0 Å². The van der Waals surface area contributed by atoms with Gasteiger partial charge in [0.05, 0.1) is 35.4 Å². The lowest BCUT2D eigenvalue weighted by Gasteiger charge is -2.11. The van der Waals surface area contributed by atoms with Gasteiger partial charge in [0.2, 0.25) is 0 Å². The molecule has 1 aromatic heterocycles. The second-order valence-corrected chi connectivity index (χ2v) is 7.63. The van der Waals surface area contributed by atoms with Crippen LogP contribution in [0, 0.1) is 28.6 Å². The molecule has 3 aromatic rings. The number of esters is 1. The lowest BCUT2D eigenvalue weighted by Crippen LogP contribution is -2.13. The Bertz CT molecular complexity index is 1110. The standard InChI is InChI=1S/C25H23N3O2/c1-17(2)16-30-25(29)24-22(11-18-6-8-19(13-26)9-7-18)15-28-23(24)12-20-4-3-5-21(10-20)14-27/h3-10,15,17,28H,11-12,16H2,1-2H3. The van der Waals surface area contributed by atoms with E-state index in [2.05, 4.69) is 17.1 Å². The molecule has 0 aliphatic rings. The summed E-state index contributed by atoms with van der Waals surface area (Å²) in [7, 11) is 0. The van der Waals surface area contributed by atoms with Crippen LogP contribution in [-0.4, -0.2) is 17.6 Å². The van der Waals surface area contributed by atoms with Crippen molar-refractivity contribution in [3.8, 4) is 12.1 Å². The van der Waals surface area contributed by atoms with E-state index in [0.29, 0.717) is 36.1 Å². The average Bonchev–Trinajstić information content (AvgIpc) is 3.14. The third-order valence-corrected chi connectivity index (χ3v) is 4.71. The molecule has 1 N–H and O–H groups in total. The summed E-state index contributed by atoms with van der Waals surface area (Å²) in [6.07, 6.45) is 2.88. The minimum atomic E-state index is -0.347. The SMILES string of the molecule is CC(C)COC(=O)c1c(Cc2ccc(C#N)cc2)c[nH]c1Cc1cccc(C#N)c1. The first-order valence-electron chi connectivity index (χ1n) is 9.84. The molecular formula is C25H23N3O2. The molecule has 2 aromatic carbocycles.